The van der Waals surface area contributed by atoms with Crippen LogP contribution >= 0.6 is 11.3 Å². The quantitative estimate of drug-likeness (QED) is 0.301. The van der Waals surface area contributed by atoms with Gasteiger partial charge in [0.2, 0.25) is 0 Å². The van der Waals surface area contributed by atoms with Gasteiger partial charge in [0.25, 0.3) is 5.19 Å². The molecule has 0 radical (unpaired) electrons. The molecule has 5 rings (SSSR count). The number of hydrogen-bond acceptors (Lipinski definition) is 10. The maximum absolute atomic E-state index is 11.5. The van der Waals surface area contributed by atoms with E-state index in [0.717, 1.165) is 58.9 Å². The van der Waals surface area contributed by atoms with Crippen LogP contribution in [0.2, 0.25) is 0 Å². The van der Waals surface area contributed by atoms with Crippen molar-refractivity contribution < 1.29 is 17.7 Å². The summed E-state index contributed by atoms with van der Waals surface area (Å²) in [5.41, 5.74) is 3.31. The highest BCUT2D eigenvalue weighted by molar-refractivity contribution is 7.89. The number of thiazole rings is 1. The zero-order valence-corrected chi connectivity index (χ0v) is 23.1. The van der Waals surface area contributed by atoms with E-state index in [1.807, 2.05) is 36.4 Å². The molecule has 1 aliphatic rings. The Labute approximate surface area is 220 Å². The predicted molar refractivity (Wildman–Crippen MR) is 145 cm³/mol. The fourth-order valence-electron chi connectivity index (χ4n) is 4.49. The summed E-state index contributed by atoms with van der Waals surface area (Å²) in [5.74, 6) is 1.42. The highest BCUT2D eigenvalue weighted by Crippen LogP contribution is 2.32. The number of aromatic nitrogens is 4. The zero-order chi connectivity index (χ0) is 26.2. The molecule has 0 N–H and O–H groups in total. The maximum Gasteiger partial charge on any atom is 0.324 e. The molecular weight excluding hydrogens is 510 g/mol. The molecule has 1 unspecified atom stereocenters. The Morgan fingerprint density at radius 3 is 2.43 bits per heavy atom. The lowest BCUT2D eigenvalue weighted by Gasteiger charge is -2.33. The first-order valence-corrected chi connectivity index (χ1v) is 15.3. The minimum absolute atomic E-state index is 0.0264. The van der Waals surface area contributed by atoms with E-state index in [0.29, 0.717) is 17.1 Å². The molecular formula is C26H31N5O4S2. The van der Waals surface area contributed by atoms with Gasteiger partial charge in [-0.3, -0.25) is 0 Å². The Morgan fingerprint density at radius 2 is 1.78 bits per heavy atom. The predicted octanol–water partition coefficient (Wildman–Crippen LogP) is 5.09. The number of ether oxygens (including phenoxy) is 1. The van der Waals surface area contributed by atoms with Crippen LogP contribution in [0.15, 0.2) is 40.9 Å². The summed E-state index contributed by atoms with van der Waals surface area (Å²) in [4.78, 5) is 16.9. The Balaban J connectivity index is 1.21. The van der Waals surface area contributed by atoms with Crippen molar-refractivity contribution in [3.63, 3.8) is 0 Å². The third kappa shape index (κ3) is 6.10. The summed E-state index contributed by atoms with van der Waals surface area (Å²) in [5, 5.41) is 4.70. The maximum atomic E-state index is 11.5. The second-order valence-corrected chi connectivity index (χ2v) is 13.1. The topological polar surface area (TPSA) is 111 Å². The van der Waals surface area contributed by atoms with Crippen LogP contribution in [0.5, 0.6) is 5.19 Å². The largest absolute Gasteiger partial charge is 0.467 e. The number of nitrogens with zero attached hydrogens (tertiary/aromatic N) is 5. The van der Waals surface area contributed by atoms with Crippen LogP contribution in [0.25, 0.3) is 21.6 Å². The van der Waals surface area contributed by atoms with Crippen LogP contribution < -0.4 is 9.64 Å². The SMILES string of the molecule is CC(C)c1noc(N2CCC(C(C)Oc3nc4ccc(-c5ccc(CS(C)(=O)=O)cc5)nc4s3)CC2)n1. The molecule has 196 valence electrons. The Bertz CT molecular complexity index is 1470. The molecule has 9 nitrogen and oxygen atoms in total. The first kappa shape index (κ1) is 25.6. The molecule has 1 aromatic carbocycles. The van der Waals surface area contributed by atoms with Crippen molar-refractivity contribution in [2.24, 2.45) is 5.92 Å². The molecule has 0 amide bonds. The molecule has 0 aliphatic carbocycles. The highest BCUT2D eigenvalue weighted by atomic mass is 32.2. The van der Waals surface area contributed by atoms with E-state index in [-0.39, 0.29) is 17.8 Å². The molecule has 1 fully saturated rings. The Kier molecular flexibility index (Phi) is 7.17. The van der Waals surface area contributed by atoms with E-state index in [2.05, 4.69) is 40.8 Å². The number of piperidine rings is 1. The number of fused-ring (bicyclic) bond motifs is 1. The van der Waals surface area contributed by atoms with Gasteiger partial charge in [0.15, 0.2) is 15.7 Å². The molecule has 1 atom stereocenters. The van der Waals surface area contributed by atoms with Gasteiger partial charge in [-0.1, -0.05) is 54.6 Å². The van der Waals surface area contributed by atoms with E-state index >= 15 is 0 Å². The lowest BCUT2D eigenvalue weighted by Crippen LogP contribution is -2.38. The molecule has 37 heavy (non-hydrogen) atoms. The van der Waals surface area contributed by atoms with Crippen LogP contribution in [-0.4, -0.2) is 54.0 Å². The second kappa shape index (κ2) is 10.4. The minimum atomic E-state index is -3.06. The zero-order valence-electron chi connectivity index (χ0n) is 21.4. The number of sulfone groups is 1. The first-order chi connectivity index (χ1) is 17.6. The van der Waals surface area contributed by atoms with Gasteiger partial charge in [0, 0.05) is 30.8 Å². The van der Waals surface area contributed by atoms with Gasteiger partial charge >= 0.3 is 6.01 Å². The molecule has 1 saturated heterocycles. The monoisotopic (exact) mass is 541 g/mol. The van der Waals surface area contributed by atoms with Gasteiger partial charge in [0.1, 0.15) is 16.5 Å². The third-order valence-corrected chi connectivity index (χ3v) is 8.34. The number of pyridine rings is 1. The molecule has 3 aromatic heterocycles. The smallest absolute Gasteiger partial charge is 0.324 e. The molecule has 4 aromatic rings. The summed E-state index contributed by atoms with van der Waals surface area (Å²) >= 11 is 1.44. The number of anilines is 1. The van der Waals surface area contributed by atoms with Crippen molar-refractivity contribution in [1.29, 1.82) is 0 Å². The van der Waals surface area contributed by atoms with Gasteiger partial charge in [-0.25, -0.2) is 18.4 Å². The van der Waals surface area contributed by atoms with Gasteiger partial charge in [0.05, 0.1) is 11.4 Å². The fraction of sp³-hybridized carbons (Fsp3) is 0.462. The van der Waals surface area contributed by atoms with Gasteiger partial charge in [-0.15, -0.1) is 0 Å². The molecule has 0 bridgehead atoms. The van der Waals surface area contributed by atoms with Crippen LogP contribution in [0.3, 0.4) is 0 Å². The summed E-state index contributed by atoms with van der Waals surface area (Å²) in [7, 11) is -3.06. The van der Waals surface area contributed by atoms with Crippen molar-refractivity contribution >= 4 is 37.5 Å². The number of benzene rings is 1. The van der Waals surface area contributed by atoms with Gasteiger partial charge in [-0.05, 0) is 43.4 Å². The van der Waals surface area contributed by atoms with Crippen molar-refractivity contribution in [3.8, 4) is 16.5 Å². The Morgan fingerprint density at radius 1 is 1.05 bits per heavy atom. The van der Waals surface area contributed by atoms with E-state index < -0.39 is 9.84 Å². The lowest BCUT2D eigenvalue weighted by atomic mass is 9.92. The normalized spacial score (nSPS) is 16.0. The van der Waals surface area contributed by atoms with Crippen molar-refractivity contribution in [2.75, 3.05) is 24.2 Å². The molecule has 11 heteroatoms. The molecule has 1 aliphatic heterocycles. The minimum Gasteiger partial charge on any atom is -0.467 e. The molecule has 0 spiro atoms. The standard InChI is InChI=1S/C26H31N5O4S2/c1-16(2)23-29-25(35-30-23)31-13-11-19(12-14-31)17(3)34-26-28-22-10-9-21(27-24(22)36-26)20-7-5-18(6-8-20)15-37(4,32)33/h5-10,16-17,19H,11-15H2,1-4H3. The first-order valence-electron chi connectivity index (χ1n) is 12.4. The van der Waals surface area contributed by atoms with Crippen LogP contribution in [-0.2, 0) is 15.6 Å². The van der Waals surface area contributed by atoms with Crippen molar-refractivity contribution in [2.45, 2.75) is 51.4 Å². The molecule has 0 saturated carbocycles. The van der Waals surface area contributed by atoms with Crippen molar-refractivity contribution in [1.82, 2.24) is 20.1 Å². The Hall–Kier alpha value is -3.05. The summed E-state index contributed by atoms with van der Waals surface area (Å²) in [6, 6.07) is 12.0. The van der Waals surface area contributed by atoms with Crippen LogP contribution in [0.1, 0.15) is 50.9 Å². The van der Waals surface area contributed by atoms with E-state index in [4.69, 9.17) is 14.2 Å². The van der Waals surface area contributed by atoms with E-state index in [1.54, 1.807) is 0 Å². The summed E-state index contributed by atoms with van der Waals surface area (Å²) in [6.07, 6.45) is 3.22. The van der Waals surface area contributed by atoms with Crippen LogP contribution in [0.4, 0.5) is 6.01 Å². The average Bonchev–Trinajstić information content (AvgIpc) is 3.50. The summed E-state index contributed by atoms with van der Waals surface area (Å²) < 4.78 is 34.8. The van der Waals surface area contributed by atoms with Gasteiger partial charge < -0.3 is 14.2 Å². The third-order valence-electron chi connectivity index (χ3n) is 6.62. The van der Waals surface area contributed by atoms with Crippen molar-refractivity contribution in [3.05, 3.63) is 47.8 Å². The molecule has 4 heterocycles. The highest BCUT2D eigenvalue weighted by Gasteiger charge is 2.28. The van der Waals surface area contributed by atoms with E-state index in [9.17, 15) is 8.42 Å². The number of hydrogen-bond donors (Lipinski definition) is 0. The second-order valence-electron chi connectivity index (χ2n) is 10.0. The average molecular weight is 542 g/mol. The van der Waals surface area contributed by atoms with Gasteiger partial charge in [-0.2, -0.15) is 4.98 Å². The lowest BCUT2D eigenvalue weighted by molar-refractivity contribution is 0.131. The van der Waals surface area contributed by atoms with Crippen LogP contribution in [0, 0.1) is 5.92 Å². The fourth-order valence-corrected chi connectivity index (χ4v) is 6.16. The van der Waals surface area contributed by atoms with E-state index in [1.165, 1.54) is 17.6 Å². The number of rotatable bonds is 8. The summed E-state index contributed by atoms with van der Waals surface area (Å²) in [6.45, 7) is 7.92.